The summed E-state index contributed by atoms with van der Waals surface area (Å²) in [7, 11) is -3.31. The van der Waals surface area contributed by atoms with Crippen LogP contribution in [0.3, 0.4) is 0 Å². The highest BCUT2D eigenvalue weighted by Gasteiger charge is 2.23. The molecule has 1 aromatic rings. The normalized spacial score (nSPS) is 16.4. The smallest absolute Gasteiger partial charge is 0.220 e. The number of carbonyl (C=O) groups excluding carboxylic acids is 1. The first-order valence-electron chi connectivity index (χ1n) is 7.44. The van der Waals surface area contributed by atoms with E-state index < -0.39 is 10.0 Å². The number of hydrogen-bond acceptors (Lipinski definition) is 4. The number of carbonyl (C=O) groups is 1. The molecule has 7 heteroatoms. The van der Waals surface area contributed by atoms with Crippen molar-refractivity contribution in [3.05, 3.63) is 35.9 Å². The molecule has 1 aliphatic rings. The van der Waals surface area contributed by atoms with E-state index in [1.165, 1.54) is 4.31 Å². The highest BCUT2D eigenvalue weighted by molar-refractivity contribution is 7.89. The lowest BCUT2D eigenvalue weighted by Gasteiger charge is -2.26. The van der Waals surface area contributed by atoms with E-state index in [1.54, 1.807) is 0 Å². The minimum Gasteiger partial charge on any atom is -0.379 e. The lowest BCUT2D eigenvalue weighted by Crippen LogP contribution is -2.43. The fourth-order valence-corrected chi connectivity index (χ4v) is 3.59. The molecule has 0 unspecified atom stereocenters. The van der Waals surface area contributed by atoms with Gasteiger partial charge in [0.15, 0.2) is 0 Å². The van der Waals surface area contributed by atoms with Gasteiger partial charge in [-0.2, -0.15) is 4.31 Å². The Morgan fingerprint density at radius 1 is 1.18 bits per heavy atom. The highest BCUT2D eigenvalue weighted by Crippen LogP contribution is 2.05. The third-order valence-corrected chi connectivity index (χ3v) is 5.40. The summed E-state index contributed by atoms with van der Waals surface area (Å²) in [5, 5.41) is 2.67. The van der Waals surface area contributed by atoms with E-state index in [9.17, 15) is 13.2 Å². The summed E-state index contributed by atoms with van der Waals surface area (Å²) in [5.74, 6) is -0.189. The number of nitrogens with zero attached hydrogens (tertiary/aromatic N) is 1. The molecule has 22 heavy (non-hydrogen) atoms. The number of morpholine rings is 1. The highest BCUT2D eigenvalue weighted by atomic mass is 32.2. The van der Waals surface area contributed by atoms with Crippen LogP contribution in [0.5, 0.6) is 0 Å². The molecule has 0 aliphatic carbocycles. The fourth-order valence-electron chi connectivity index (χ4n) is 2.26. The van der Waals surface area contributed by atoms with Gasteiger partial charge in [-0.1, -0.05) is 30.3 Å². The van der Waals surface area contributed by atoms with Gasteiger partial charge in [-0.25, -0.2) is 8.42 Å². The number of hydrogen-bond donors (Lipinski definition) is 1. The van der Waals surface area contributed by atoms with Crippen molar-refractivity contribution in [2.45, 2.75) is 12.8 Å². The van der Waals surface area contributed by atoms with E-state index in [-0.39, 0.29) is 18.2 Å². The second-order valence-corrected chi connectivity index (χ2v) is 7.25. The van der Waals surface area contributed by atoms with Gasteiger partial charge in [0, 0.05) is 26.1 Å². The molecule has 1 aromatic carbocycles. The predicted octanol–water partition coefficient (Wildman–Crippen LogP) is 0.397. The number of sulfonamides is 1. The molecule has 0 aromatic heterocycles. The van der Waals surface area contributed by atoms with Gasteiger partial charge >= 0.3 is 0 Å². The van der Waals surface area contributed by atoms with Crippen LogP contribution in [-0.4, -0.2) is 57.2 Å². The number of rotatable bonds is 7. The monoisotopic (exact) mass is 326 g/mol. The van der Waals surface area contributed by atoms with Gasteiger partial charge in [0.05, 0.1) is 19.0 Å². The summed E-state index contributed by atoms with van der Waals surface area (Å²) in [5.41, 5.74) is 1.10. The first-order valence-corrected chi connectivity index (χ1v) is 9.05. The molecule has 0 atom stereocenters. The molecule has 1 amide bonds. The number of amides is 1. The van der Waals surface area contributed by atoms with Gasteiger partial charge < -0.3 is 10.1 Å². The average molecular weight is 326 g/mol. The van der Waals surface area contributed by atoms with Crippen LogP contribution in [0, 0.1) is 0 Å². The maximum atomic E-state index is 12.1. The summed E-state index contributed by atoms with van der Waals surface area (Å²) in [4.78, 5) is 11.7. The number of ether oxygens (including phenoxy) is 1. The Labute approximate surface area is 131 Å². The van der Waals surface area contributed by atoms with Gasteiger partial charge in [-0.15, -0.1) is 0 Å². The molecule has 0 radical (unpaired) electrons. The van der Waals surface area contributed by atoms with Crippen LogP contribution in [0.1, 0.15) is 12.0 Å². The van der Waals surface area contributed by atoms with E-state index in [2.05, 4.69) is 5.32 Å². The molecule has 0 bridgehead atoms. The van der Waals surface area contributed by atoms with Crippen LogP contribution in [0.4, 0.5) is 0 Å². The lowest BCUT2D eigenvalue weighted by atomic mass is 10.1. The van der Waals surface area contributed by atoms with Gasteiger partial charge in [-0.3, -0.25) is 4.79 Å². The van der Waals surface area contributed by atoms with Crippen molar-refractivity contribution in [3.63, 3.8) is 0 Å². The third kappa shape index (κ3) is 5.40. The second kappa shape index (κ2) is 8.26. The average Bonchev–Trinajstić information content (AvgIpc) is 2.54. The molecule has 1 saturated heterocycles. The number of nitrogens with one attached hydrogen (secondary N) is 1. The largest absolute Gasteiger partial charge is 0.379 e. The quantitative estimate of drug-likeness (QED) is 0.787. The van der Waals surface area contributed by atoms with Crippen LogP contribution >= 0.6 is 0 Å². The van der Waals surface area contributed by atoms with Crippen molar-refractivity contribution < 1.29 is 17.9 Å². The van der Waals surface area contributed by atoms with Crippen LogP contribution in [0.2, 0.25) is 0 Å². The van der Waals surface area contributed by atoms with Crippen molar-refractivity contribution >= 4 is 15.9 Å². The summed E-state index contributed by atoms with van der Waals surface area (Å²) in [6.45, 7) is 1.80. The zero-order chi connectivity index (χ0) is 15.8. The first-order chi connectivity index (χ1) is 10.6. The zero-order valence-electron chi connectivity index (χ0n) is 12.5. The summed E-state index contributed by atoms with van der Waals surface area (Å²) < 4.78 is 30.7. The summed E-state index contributed by atoms with van der Waals surface area (Å²) in [6, 6.07) is 9.73. The van der Waals surface area contributed by atoms with E-state index in [0.717, 1.165) is 5.56 Å². The van der Waals surface area contributed by atoms with Crippen LogP contribution < -0.4 is 5.32 Å². The third-order valence-electron chi connectivity index (χ3n) is 3.53. The van der Waals surface area contributed by atoms with E-state index >= 15 is 0 Å². The van der Waals surface area contributed by atoms with E-state index in [0.29, 0.717) is 39.1 Å². The van der Waals surface area contributed by atoms with Gasteiger partial charge in [0.2, 0.25) is 15.9 Å². The Morgan fingerprint density at radius 3 is 2.55 bits per heavy atom. The lowest BCUT2D eigenvalue weighted by molar-refractivity contribution is -0.120. The number of benzene rings is 1. The molecule has 0 spiro atoms. The van der Waals surface area contributed by atoms with E-state index in [1.807, 2.05) is 30.3 Å². The van der Waals surface area contributed by atoms with Crippen molar-refractivity contribution in [2.24, 2.45) is 0 Å². The van der Waals surface area contributed by atoms with E-state index in [4.69, 9.17) is 4.74 Å². The Balaban J connectivity index is 1.68. The second-order valence-electron chi connectivity index (χ2n) is 5.16. The minimum absolute atomic E-state index is 0.0654. The molecule has 1 aliphatic heterocycles. The van der Waals surface area contributed by atoms with Gasteiger partial charge in [0.25, 0.3) is 0 Å². The Kier molecular flexibility index (Phi) is 6.35. The fraction of sp³-hybridized carbons (Fsp3) is 0.533. The van der Waals surface area contributed by atoms with Crippen molar-refractivity contribution in [2.75, 3.05) is 38.6 Å². The maximum Gasteiger partial charge on any atom is 0.220 e. The maximum absolute atomic E-state index is 12.1. The van der Waals surface area contributed by atoms with Crippen molar-refractivity contribution in [1.29, 1.82) is 0 Å². The van der Waals surface area contributed by atoms with Crippen LogP contribution in [0.25, 0.3) is 0 Å². The topological polar surface area (TPSA) is 75.7 Å². The van der Waals surface area contributed by atoms with Crippen molar-refractivity contribution in [1.82, 2.24) is 9.62 Å². The Morgan fingerprint density at radius 2 is 1.86 bits per heavy atom. The summed E-state index contributed by atoms with van der Waals surface area (Å²) in [6.07, 6.45) is 1.02. The van der Waals surface area contributed by atoms with Crippen molar-refractivity contribution in [3.8, 4) is 0 Å². The van der Waals surface area contributed by atoms with Gasteiger partial charge in [-0.05, 0) is 12.0 Å². The predicted molar refractivity (Wildman–Crippen MR) is 84.0 cm³/mol. The molecule has 0 saturated carbocycles. The minimum atomic E-state index is -3.31. The molecule has 122 valence electrons. The molecule has 2 rings (SSSR count). The van der Waals surface area contributed by atoms with Gasteiger partial charge in [0.1, 0.15) is 0 Å². The standard InChI is InChI=1S/C15H22N2O4S/c18-15(7-6-14-4-2-1-3-5-14)16-8-13-22(19,20)17-9-11-21-12-10-17/h1-5H,6-13H2,(H,16,18). The first kappa shape index (κ1) is 16.9. The summed E-state index contributed by atoms with van der Waals surface area (Å²) >= 11 is 0. The molecule has 6 nitrogen and oxygen atoms in total. The Bertz CT molecular complexity index is 568. The molecule has 1 heterocycles. The number of aryl methyl sites for hydroxylation is 1. The Hall–Kier alpha value is -1.44. The molecular formula is C15H22N2O4S. The van der Waals surface area contributed by atoms with Crippen LogP contribution in [-0.2, 0) is 26.0 Å². The molecular weight excluding hydrogens is 304 g/mol. The molecule has 1 N–H and O–H groups in total. The SMILES string of the molecule is O=C(CCc1ccccc1)NCCS(=O)(=O)N1CCOCC1. The molecule has 1 fully saturated rings. The zero-order valence-corrected chi connectivity index (χ0v) is 13.3. The van der Waals surface area contributed by atoms with Crippen LogP contribution in [0.15, 0.2) is 30.3 Å².